The third-order valence-electron chi connectivity index (χ3n) is 8.34. The number of benzene rings is 2. The Morgan fingerprint density at radius 3 is 2.83 bits per heavy atom. The van der Waals surface area contributed by atoms with Gasteiger partial charge in [-0.1, -0.05) is 43.0 Å². The molecule has 3 aliphatic heterocycles. The molecule has 2 aromatic carbocycles. The second-order valence-electron chi connectivity index (χ2n) is 11.5. The van der Waals surface area contributed by atoms with Gasteiger partial charge in [0.05, 0.1) is 24.9 Å². The summed E-state index contributed by atoms with van der Waals surface area (Å²) < 4.78 is 12.7. The van der Waals surface area contributed by atoms with Gasteiger partial charge in [-0.15, -0.1) is 0 Å². The van der Waals surface area contributed by atoms with Gasteiger partial charge in [-0.3, -0.25) is 4.79 Å². The van der Waals surface area contributed by atoms with Crippen molar-refractivity contribution < 1.29 is 14.3 Å². The number of carbonyl (C=O) groups excluding carboxylic acids is 1. The van der Waals surface area contributed by atoms with Crippen LogP contribution in [0.2, 0.25) is 0 Å². The van der Waals surface area contributed by atoms with Crippen molar-refractivity contribution in [2.75, 3.05) is 69.8 Å². The molecular weight excluding hydrogens is 516 g/mol. The summed E-state index contributed by atoms with van der Waals surface area (Å²) in [6, 6.07) is 15.5. The van der Waals surface area contributed by atoms with Crippen LogP contribution < -0.4 is 14.5 Å². The summed E-state index contributed by atoms with van der Waals surface area (Å²) >= 11 is 0. The minimum atomic E-state index is -0.0400. The Hall–Kier alpha value is -3.69. The van der Waals surface area contributed by atoms with Crippen LogP contribution in [0.5, 0.6) is 6.01 Å². The predicted molar refractivity (Wildman–Crippen MR) is 162 cm³/mol. The number of hydrogen-bond acceptors (Lipinski definition) is 8. The first-order valence-corrected chi connectivity index (χ1v) is 14.7. The zero-order chi connectivity index (χ0) is 28.3. The molecule has 9 heteroatoms. The number of rotatable bonds is 4. The first kappa shape index (κ1) is 27.5. The fourth-order valence-electron chi connectivity index (χ4n) is 6.35. The summed E-state index contributed by atoms with van der Waals surface area (Å²) in [6.07, 6.45) is 3.93. The average molecular weight is 557 g/mol. The van der Waals surface area contributed by atoms with Gasteiger partial charge in [0.2, 0.25) is 5.91 Å². The van der Waals surface area contributed by atoms with Crippen LogP contribution >= 0.6 is 0 Å². The quantitative estimate of drug-likeness (QED) is 0.452. The summed E-state index contributed by atoms with van der Waals surface area (Å²) in [5, 5.41) is 2.48. The zero-order valence-electron chi connectivity index (χ0n) is 24.2. The molecule has 3 aromatic rings. The number of ether oxygens (including phenoxy) is 2. The van der Waals surface area contributed by atoms with E-state index in [-0.39, 0.29) is 18.1 Å². The van der Waals surface area contributed by atoms with E-state index in [0.717, 1.165) is 43.9 Å². The molecule has 1 fully saturated rings. The Labute approximate surface area is 242 Å². The van der Waals surface area contributed by atoms with Crippen LogP contribution in [0.15, 0.2) is 55.1 Å². The first-order chi connectivity index (χ1) is 20.0. The smallest absolute Gasteiger partial charge is 0.318 e. The lowest BCUT2D eigenvalue weighted by atomic mass is 10.0. The van der Waals surface area contributed by atoms with Crippen molar-refractivity contribution in [3.8, 4) is 6.01 Å². The van der Waals surface area contributed by atoms with Crippen LogP contribution in [0.25, 0.3) is 10.8 Å². The van der Waals surface area contributed by atoms with Crippen molar-refractivity contribution >= 4 is 28.2 Å². The van der Waals surface area contributed by atoms with Gasteiger partial charge in [-0.2, -0.15) is 9.97 Å². The molecule has 2 atom stereocenters. The van der Waals surface area contributed by atoms with Crippen LogP contribution in [-0.2, 0) is 22.5 Å². The zero-order valence-corrected chi connectivity index (χ0v) is 24.2. The van der Waals surface area contributed by atoms with Crippen molar-refractivity contribution in [3.63, 3.8) is 0 Å². The summed E-state index contributed by atoms with van der Waals surface area (Å²) in [4.78, 5) is 31.4. The van der Waals surface area contributed by atoms with Gasteiger partial charge in [0.1, 0.15) is 11.9 Å². The molecule has 0 spiro atoms. The number of anilines is 2. The van der Waals surface area contributed by atoms with E-state index in [0.29, 0.717) is 45.4 Å². The molecule has 2 unspecified atom stereocenters. The van der Waals surface area contributed by atoms with Crippen LogP contribution in [0.1, 0.15) is 24.1 Å². The molecule has 1 amide bonds. The maximum absolute atomic E-state index is 12.5. The number of amides is 1. The number of likely N-dealkylation sites (N-methyl/N-ethyl adjacent to an activating group) is 1. The lowest BCUT2D eigenvalue weighted by molar-refractivity contribution is -0.127. The van der Waals surface area contributed by atoms with E-state index in [9.17, 15) is 4.79 Å². The minimum Gasteiger partial charge on any atom is -0.459 e. The molecule has 9 nitrogen and oxygen atoms in total. The van der Waals surface area contributed by atoms with E-state index < -0.39 is 0 Å². The molecule has 1 saturated heterocycles. The summed E-state index contributed by atoms with van der Waals surface area (Å²) in [7, 11) is 4.12. The normalized spacial score (nSPS) is 21.4. The molecule has 216 valence electrons. The number of hydrogen-bond donors (Lipinski definition) is 0. The second-order valence-corrected chi connectivity index (χ2v) is 11.5. The largest absolute Gasteiger partial charge is 0.459 e. The summed E-state index contributed by atoms with van der Waals surface area (Å²) in [5.74, 6) is 0.882. The van der Waals surface area contributed by atoms with Gasteiger partial charge >= 0.3 is 6.01 Å². The molecule has 0 saturated carbocycles. The maximum atomic E-state index is 12.5. The van der Waals surface area contributed by atoms with Gasteiger partial charge in [-0.25, -0.2) is 0 Å². The second kappa shape index (κ2) is 12.0. The Morgan fingerprint density at radius 2 is 1.98 bits per heavy atom. The number of nitrogens with zero attached hydrogens (tertiary/aromatic N) is 6. The third-order valence-corrected chi connectivity index (χ3v) is 8.34. The minimum absolute atomic E-state index is 0.00686. The molecular formula is C32H40N6O3. The molecule has 4 heterocycles. The number of carbonyl (C=O) groups is 1. The summed E-state index contributed by atoms with van der Waals surface area (Å²) in [5.41, 5.74) is 3.40. The fraction of sp³-hybridized carbons (Fsp3) is 0.469. The molecule has 0 aliphatic carbocycles. The fourth-order valence-corrected chi connectivity index (χ4v) is 6.35. The van der Waals surface area contributed by atoms with E-state index in [4.69, 9.17) is 19.4 Å². The van der Waals surface area contributed by atoms with Gasteiger partial charge < -0.3 is 29.1 Å². The molecule has 0 radical (unpaired) electrons. The SMILES string of the molecule is C=CC(=O)N1CCN2c3nc(nc4c3CCN(c3cccc5ccccc35)C4)OC(CN(C)C)CCCOCC2C1. The molecule has 41 heavy (non-hydrogen) atoms. The predicted octanol–water partition coefficient (Wildman–Crippen LogP) is 3.52. The van der Waals surface area contributed by atoms with E-state index >= 15 is 0 Å². The van der Waals surface area contributed by atoms with Crippen LogP contribution in [0, 0.1) is 0 Å². The lowest BCUT2D eigenvalue weighted by Gasteiger charge is -2.43. The van der Waals surface area contributed by atoms with E-state index in [2.05, 4.69) is 77.8 Å². The topological polar surface area (TPSA) is 74.3 Å². The Balaban J connectivity index is 1.39. The molecule has 1 aromatic heterocycles. The van der Waals surface area contributed by atoms with Crippen molar-refractivity contribution in [2.24, 2.45) is 0 Å². The van der Waals surface area contributed by atoms with E-state index in [1.54, 1.807) is 0 Å². The Kier molecular flexibility index (Phi) is 8.07. The van der Waals surface area contributed by atoms with Crippen LogP contribution in [0.4, 0.5) is 11.5 Å². The van der Waals surface area contributed by atoms with Crippen molar-refractivity contribution in [1.29, 1.82) is 0 Å². The Bertz CT molecular complexity index is 1410. The Morgan fingerprint density at radius 1 is 1.12 bits per heavy atom. The lowest BCUT2D eigenvalue weighted by Crippen LogP contribution is -2.57. The number of fused-ring (bicyclic) bond motifs is 7. The van der Waals surface area contributed by atoms with Gasteiger partial charge in [-0.05, 0) is 50.9 Å². The monoisotopic (exact) mass is 556 g/mol. The highest BCUT2D eigenvalue weighted by molar-refractivity contribution is 5.94. The van der Waals surface area contributed by atoms with Gasteiger partial charge in [0, 0.05) is 56.0 Å². The number of aromatic nitrogens is 2. The first-order valence-electron chi connectivity index (χ1n) is 14.7. The highest BCUT2D eigenvalue weighted by atomic mass is 16.5. The maximum Gasteiger partial charge on any atom is 0.318 e. The van der Waals surface area contributed by atoms with Crippen LogP contribution in [-0.4, -0.2) is 97.9 Å². The highest BCUT2D eigenvalue weighted by Gasteiger charge is 2.34. The van der Waals surface area contributed by atoms with Crippen molar-refractivity contribution in [3.05, 3.63) is 66.4 Å². The molecule has 3 aliphatic rings. The van der Waals surface area contributed by atoms with Gasteiger partial charge in [0.15, 0.2) is 0 Å². The van der Waals surface area contributed by atoms with Crippen molar-refractivity contribution in [2.45, 2.75) is 38.0 Å². The van der Waals surface area contributed by atoms with E-state index in [1.807, 2.05) is 4.90 Å². The van der Waals surface area contributed by atoms with Crippen LogP contribution in [0.3, 0.4) is 0 Å². The van der Waals surface area contributed by atoms with E-state index in [1.165, 1.54) is 28.1 Å². The third kappa shape index (κ3) is 5.87. The van der Waals surface area contributed by atoms with Crippen molar-refractivity contribution in [1.82, 2.24) is 19.8 Å². The molecule has 6 rings (SSSR count). The molecule has 2 bridgehead atoms. The number of piperazine rings is 1. The highest BCUT2D eigenvalue weighted by Crippen LogP contribution is 2.35. The summed E-state index contributed by atoms with van der Waals surface area (Å²) in [6.45, 7) is 9.08. The van der Waals surface area contributed by atoms with Gasteiger partial charge in [0.25, 0.3) is 0 Å². The molecule has 0 N–H and O–H groups in total. The average Bonchev–Trinajstić information content (AvgIpc) is 2.98. The standard InChI is InChI=1S/C32H40N6O3/c1-4-30(39)37-16-17-38-24(19-37)22-40-18-8-11-25(20-35(2)3)41-32-33-28-21-36(15-14-27(28)31(38)34-32)29-13-7-10-23-9-5-6-12-26(23)29/h4-7,9-10,12-13,24-25H,1,8,11,14-22H2,2-3H3.